The molecule has 16 heavy (non-hydrogen) atoms. The number of anilines is 1. The van der Waals surface area contributed by atoms with E-state index in [2.05, 4.69) is 15.6 Å². The van der Waals surface area contributed by atoms with Crippen LogP contribution in [0.1, 0.15) is 18.4 Å². The number of hydrogen-bond acceptors (Lipinski definition) is 3. The van der Waals surface area contributed by atoms with Crippen LogP contribution in [0.3, 0.4) is 0 Å². The van der Waals surface area contributed by atoms with Gasteiger partial charge in [-0.1, -0.05) is 18.2 Å². The Bertz CT molecular complexity index is 371. The highest BCUT2D eigenvalue weighted by atomic mass is 14.9. The second-order valence-corrected chi connectivity index (χ2v) is 3.78. The lowest BCUT2D eigenvalue weighted by Gasteiger charge is -2.01. The molecule has 0 spiro atoms. The standard InChI is InChI=1S/C9H8N2.C4H9N/c1-2-4-9-8(3-1)7-10-5-6-11-9;1-2-4-5-3-1/h1-7,11H;5H,1-4H2. The zero-order valence-electron chi connectivity index (χ0n) is 9.32. The van der Waals surface area contributed by atoms with Gasteiger partial charge in [0.25, 0.3) is 0 Å². The van der Waals surface area contributed by atoms with Gasteiger partial charge in [-0.3, -0.25) is 4.99 Å². The second kappa shape index (κ2) is 6.08. The summed E-state index contributed by atoms with van der Waals surface area (Å²) in [6, 6.07) is 8.05. The molecule has 0 bridgehead atoms. The lowest BCUT2D eigenvalue weighted by atomic mass is 10.2. The van der Waals surface area contributed by atoms with Gasteiger partial charge in [0.2, 0.25) is 0 Å². The summed E-state index contributed by atoms with van der Waals surface area (Å²) in [5, 5.41) is 6.34. The molecule has 1 aromatic rings. The molecule has 1 fully saturated rings. The summed E-state index contributed by atoms with van der Waals surface area (Å²) in [6.45, 7) is 2.50. The minimum Gasteiger partial charge on any atom is -0.360 e. The lowest BCUT2D eigenvalue weighted by molar-refractivity contribution is 0.857. The summed E-state index contributed by atoms with van der Waals surface area (Å²) in [7, 11) is 0. The van der Waals surface area contributed by atoms with E-state index < -0.39 is 0 Å². The van der Waals surface area contributed by atoms with Crippen LogP contribution in [-0.4, -0.2) is 19.3 Å². The van der Waals surface area contributed by atoms with Crippen LogP contribution in [0.25, 0.3) is 0 Å². The van der Waals surface area contributed by atoms with Crippen molar-refractivity contribution in [2.24, 2.45) is 4.99 Å². The van der Waals surface area contributed by atoms with E-state index in [0.29, 0.717) is 0 Å². The fraction of sp³-hybridized carbons (Fsp3) is 0.308. The van der Waals surface area contributed by atoms with Crippen molar-refractivity contribution in [2.45, 2.75) is 12.8 Å². The van der Waals surface area contributed by atoms with E-state index in [4.69, 9.17) is 0 Å². The molecule has 2 N–H and O–H groups in total. The van der Waals surface area contributed by atoms with Gasteiger partial charge >= 0.3 is 0 Å². The number of fused-ring (bicyclic) bond motifs is 1. The molecule has 2 aliphatic heterocycles. The Kier molecular flexibility index (Phi) is 4.14. The minimum absolute atomic E-state index is 1.10. The Morgan fingerprint density at radius 3 is 2.62 bits per heavy atom. The zero-order chi connectivity index (χ0) is 11.1. The van der Waals surface area contributed by atoms with E-state index in [0.717, 1.165) is 11.3 Å². The smallest absolute Gasteiger partial charge is 0.0469 e. The third-order valence-electron chi connectivity index (χ3n) is 2.53. The van der Waals surface area contributed by atoms with E-state index in [1.54, 1.807) is 6.20 Å². The molecular weight excluding hydrogens is 198 g/mol. The van der Waals surface area contributed by atoms with Crippen LogP contribution in [0.4, 0.5) is 5.69 Å². The predicted molar refractivity (Wildman–Crippen MR) is 68.9 cm³/mol. The molecule has 3 rings (SSSR count). The summed E-state index contributed by atoms with van der Waals surface area (Å²) in [5.41, 5.74) is 2.22. The number of benzene rings is 1. The molecule has 0 radical (unpaired) electrons. The van der Waals surface area contributed by atoms with Crippen molar-refractivity contribution >= 4 is 11.9 Å². The van der Waals surface area contributed by atoms with E-state index in [9.17, 15) is 0 Å². The van der Waals surface area contributed by atoms with Gasteiger partial charge in [-0.15, -0.1) is 0 Å². The fourth-order valence-electron chi connectivity index (χ4n) is 1.66. The topological polar surface area (TPSA) is 36.4 Å². The first-order valence-electron chi connectivity index (χ1n) is 5.71. The maximum Gasteiger partial charge on any atom is 0.0469 e. The number of nitrogens with zero attached hydrogens (tertiary/aromatic N) is 1. The number of aliphatic imine (C=N–C) groups is 1. The molecule has 0 unspecified atom stereocenters. The van der Waals surface area contributed by atoms with Gasteiger partial charge in [0, 0.05) is 29.9 Å². The van der Waals surface area contributed by atoms with E-state index in [1.807, 2.05) is 36.7 Å². The Morgan fingerprint density at radius 2 is 1.88 bits per heavy atom. The van der Waals surface area contributed by atoms with Crippen LogP contribution in [0.15, 0.2) is 41.7 Å². The summed E-state index contributed by atoms with van der Waals surface area (Å²) >= 11 is 0. The lowest BCUT2D eigenvalue weighted by Crippen LogP contribution is -2.03. The van der Waals surface area contributed by atoms with Crippen molar-refractivity contribution in [1.29, 1.82) is 0 Å². The molecule has 0 saturated carbocycles. The largest absolute Gasteiger partial charge is 0.360 e. The predicted octanol–water partition coefficient (Wildman–Crippen LogP) is 2.37. The minimum atomic E-state index is 1.10. The molecule has 0 atom stereocenters. The van der Waals surface area contributed by atoms with E-state index >= 15 is 0 Å². The maximum absolute atomic E-state index is 4.04. The van der Waals surface area contributed by atoms with Gasteiger partial charge in [0.15, 0.2) is 0 Å². The van der Waals surface area contributed by atoms with Crippen LogP contribution in [-0.2, 0) is 0 Å². The van der Waals surface area contributed by atoms with Gasteiger partial charge < -0.3 is 10.6 Å². The number of rotatable bonds is 0. The monoisotopic (exact) mass is 215 g/mol. The normalized spacial score (nSPS) is 16.8. The van der Waals surface area contributed by atoms with Gasteiger partial charge in [-0.2, -0.15) is 0 Å². The second-order valence-electron chi connectivity index (χ2n) is 3.78. The van der Waals surface area contributed by atoms with Crippen LogP contribution in [0.2, 0.25) is 0 Å². The Balaban J connectivity index is 0.000000162. The van der Waals surface area contributed by atoms with Gasteiger partial charge in [0.05, 0.1) is 0 Å². The maximum atomic E-state index is 4.04. The molecule has 2 heterocycles. The van der Waals surface area contributed by atoms with Crippen LogP contribution in [0.5, 0.6) is 0 Å². The summed E-state index contributed by atoms with van der Waals surface area (Å²) in [5.74, 6) is 0. The molecule has 0 amide bonds. The number of hydrogen-bond donors (Lipinski definition) is 2. The van der Waals surface area contributed by atoms with Gasteiger partial charge in [-0.05, 0) is 32.0 Å². The van der Waals surface area contributed by atoms with Crippen LogP contribution < -0.4 is 10.6 Å². The van der Waals surface area contributed by atoms with E-state index in [-0.39, 0.29) is 0 Å². The first-order valence-corrected chi connectivity index (χ1v) is 5.71. The summed E-state index contributed by atoms with van der Waals surface area (Å²) in [4.78, 5) is 4.04. The Morgan fingerprint density at radius 1 is 1.06 bits per heavy atom. The third-order valence-corrected chi connectivity index (χ3v) is 2.53. The van der Waals surface area contributed by atoms with Crippen molar-refractivity contribution in [2.75, 3.05) is 18.4 Å². The average molecular weight is 215 g/mol. The van der Waals surface area contributed by atoms with Crippen molar-refractivity contribution in [3.63, 3.8) is 0 Å². The first kappa shape index (κ1) is 10.9. The summed E-state index contributed by atoms with van der Waals surface area (Å²) in [6.07, 6.45) is 8.17. The van der Waals surface area contributed by atoms with Gasteiger partial charge in [-0.25, -0.2) is 0 Å². The molecule has 1 saturated heterocycles. The molecule has 2 aliphatic rings. The molecule has 84 valence electrons. The molecular formula is C13H17N3. The highest BCUT2D eigenvalue weighted by Gasteiger charge is 1.96. The fourth-order valence-corrected chi connectivity index (χ4v) is 1.66. The zero-order valence-corrected chi connectivity index (χ0v) is 9.32. The quantitative estimate of drug-likeness (QED) is 0.697. The van der Waals surface area contributed by atoms with Crippen molar-refractivity contribution in [1.82, 2.24) is 5.32 Å². The average Bonchev–Trinajstić information content (AvgIpc) is 2.81. The molecule has 1 aromatic carbocycles. The van der Waals surface area contributed by atoms with Crippen LogP contribution >= 0.6 is 0 Å². The van der Waals surface area contributed by atoms with Crippen molar-refractivity contribution in [3.8, 4) is 0 Å². The molecule has 3 nitrogen and oxygen atoms in total. The van der Waals surface area contributed by atoms with Crippen molar-refractivity contribution in [3.05, 3.63) is 42.2 Å². The van der Waals surface area contributed by atoms with E-state index in [1.165, 1.54) is 25.9 Å². The molecule has 0 aromatic heterocycles. The highest BCUT2D eigenvalue weighted by molar-refractivity contribution is 5.88. The Labute approximate surface area is 96.3 Å². The number of para-hydroxylation sites is 1. The molecule has 3 heteroatoms. The van der Waals surface area contributed by atoms with Crippen LogP contribution in [0, 0.1) is 0 Å². The highest BCUT2D eigenvalue weighted by Crippen LogP contribution is 2.13. The van der Waals surface area contributed by atoms with Gasteiger partial charge in [0.1, 0.15) is 0 Å². The third kappa shape index (κ3) is 3.21. The summed E-state index contributed by atoms with van der Waals surface area (Å²) < 4.78 is 0. The molecule has 0 aliphatic carbocycles. The SMILES string of the molecule is C1=CNc2ccccc2C=N1.C1CCNC1. The van der Waals surface area contributed by atoms with Crippen molar-refractivity contribution < 1.29 is 0 Å². The number of nitrogens with one attached hydrogen (secondary N) is 2. The Hall–Kier alpha value is -1.61. The first-order chi connectivity index (χ1) is 7.97.